The van der Waals surface area contributed by atoms with Gasteiger partial charge in [0.1, 0.15) is 11.4 Å². The summed E-state index contributed by atoms with van der Waals surface area (Å²) in [5.41, 5.74) is 0.746. The highest BCUT2D eigenvalue weighted by molar-refractivity contribution is 5.66. The quantitative estimate of drug-likeness (QED) is 0.617. The van der Waals surface area contributed by atoms with E-state index in [2.05, 4.69) is 0 Å². The van der Waals surface area contributed by atoms with Crippen molar-refractivity contribution in [2.24, 2.45) is 0 Å². The summed E-state index contributed by atoms with van der Waals surface area (Å²) in [7, 11) is 3.26. The van der Waals surface area contributed by atoms with Crippen LogP contribution >= 0.6 is 0 Å². The number of hydrogen-bond donors (Lipinski definition) is 0. The van der Waals surface area contributed by atoms with Crippen LogP contribution in [0.2, 0.25) is 0 Å². The van der Waals surface area contributed by atoms with Crippen molar-refractivity contribution < 1.29 is 14.4 Å². The van der Waals surface area contributed by atoms with Crippen LogP contribution in [0, 0.1) is 10.1 Å². The lowest BCUT2D eigenvalue weighted by Crippen LogP contribution is -2.36. The summed E-state index contributed by atoms with van der Waals surface area (Å²) in [4.78, 5) is 12.8. The lowest BCUT2D eigenvalue weighted by atomic mass is 10.1. The van der Waals surface area contributed by atoms with E-state index in [-0.39, 0.29) is 16.7 Å². The first-order valence-corrected chi connectivity index (χ1v) is 6.26. The molecule has 19 heavy (non-hydrogen) atoms. The van der Waals surface area contributed by atoms with Crippen molar-refractivity contribution in [1.82, 2.24) is 0 Å². The number of anilines is 1. The van der Waals surface area contributed by atoms with Crippen molar-refractivity contribution in [2.75, 3.05) is 32.2 Å². The largest absolute Gasteiger partial charge is 0.497 e. The van der Waals surface area contributed by atoms with Crippen LogP contribution in [0.25, 0.3) is 0 Å². The molecule has 1 aromatic carbocycles. The number of benzene rings is 1. The van der Waals surface area contributed by atoms with Gasteiger partial charge < -0.3 is 14.4 Å². The molecule has 2 rings (SSSR count). The Bertz CT molecular complexity index is 456. The van der Waals surface area contributed by atoms with Crippen molar-refractivity contribution in [3.8, 4) is 5.75 Å². The molecule has 1 fully saturated rings. The van der Waals surface area contributed by atoms with Gasteiger partial charge in [0.2, 0.25) is 0 Å². The van der Waals surface area contributed by atoms with Gasteiger partial charge in [-0.1, -0.05) is 0 Å². The summed E-state index contributed by atoms with van der Waals surface area (Å²) in [5, 5.41) is 11.1. The number of rotatable bonds is 4. The maximum atomic E-state index is 11.1. The first kappa shape index (κ1) is 13.6. The Labute approximate surface area is 112 Å². The zero-order valence-electron chi connectivity index (χ0n) is 11.2. The van der Waals surface area contributed by atoms with Crippen LogP contribution in [0.15, 0.2) is 18.2 Å². The maximum Gasteiger partial charge on any atom is 0.292 e. The molecule has 1 aliphatic rings. The van der Waals surface area contributed by atoms with E-state index in [0.717, 1.165) is 25.9 Å². The van der Waals surface area contributed by atoms with Gasteiger partial charge in [-0.2, -0.15) is 0 Å². The Kier molecular flexibility index (Phi) is 4.21. The molecule has 0 aromatic heterocycles. The van der Waals surface area contributed by atoms with Gasteiger partial charge in [0.05, 0.1) is 18.1 Å². The van der Waals surface area contributed by atoms with Crippen LogP contribution in [0.3, 0.4) is 0 Å². The van der Waals surface area contributed by atoms with Gasteiger partial charge in [-0.25, -0.2) is 0 Å². The SMILES string of the molecule is COc1ccc([N+](=O)[O-])c(N2CCC(OC)CC2)c1. The van der Waals surface area contributed by atoms with Crippen LogP contribution in [-0.2, 0) is 4.74 Å². The second kappa shape index (κ2) is 5.88. The average Bonchev–Trinajstić information content (AvgIpc) is 2.46. The molecule has 0 aliphatic carbocycles. The van der Waals surface area contributed by atoms with Gasteiger partial charge in [-0.3, -0.25) is 10.1 Å². The van der Waals surface area contributed by atoms with Gasteiger partial charge in [-0.15, -0.1) is 0 Å². The summed E-state index contributed by atoms with van der Waals surface area (Å²) >= 11 is 0. The predicted octanol–water partition coefficient (Wildman–Crippen LogP) is 2.22. The number of nitro groups is 1. The number of piperidine rings is 1. The molecular formula is C13H18N2O4. The highest BCUT2D eigenvalue weighted by atomic mass is 16.6. The fourth-order valence-corrected chi connectivity index (χ4v) is 2.37. The number of hydrogen-bond acceptors (Lipinski definition) is 5. The predicted molar refractivity (Wildman–Crippen MR) is 71.9 cm³/mol. The molecule has 0 saturated carbocycles. The molecule has 1 saturated heterocycles. The minimum atomic E-state index is -0.350. The van der Waals surface area contributed by atoms with Crippen molar-refractivity contribution in [3.63, 3.8) is 0 Å². The Balaban J connectivity index is 2.24. The minimum absolute atomic E-state index is 0.122. The second-order valence-corrected chi connectivity index (χ2v) is 4.53. The Morgan fingerprint density at radius 2 is 2.00 bits per heavy atom. The van der Waals surface area contributed by atoms with Crippen LogP contribution in [-0.4, -0.2) is 38.3 Å². The third-order valence-corrected chi connectivity index (χ3v) is 3.50. The van der Waals surface area contributed by atoms with Gasteiger partial charge >= 0.3 is 0 Å². The smallest absolute Gasteiger partial charge is 0.292 e. The second-order valence-electron chi connectivity index (χ2n) is 4.53. The standard InChI is InChI=1S/C13H18N2O4/c1-18-10-5-7-14(8-6-10)13-9-11(19-2)3-4-12(13)15(16)17/h3-4,9-10H,5-8H2,1-2H3. The molecule has 0 bridgehead atoms. The van der Waals surface area contributed by atoms with E-state index >= 15 is 0 Å². The number of nitrogens with zero attached hydrogens (tertiary/aromatic N) is 2. The molecule has 6 heteroatoms. The number of methoxy groups -OCH3 is 2. The van der Waals surface area contributed by atoms with Crippen molar-refractivity contribution >= 4 is 11.4 Å². The molecule has 0 unspecified atom stereocenters. The first-order valence-electron chi connectivity index (χ1n) is 6.26. The fourth-order valence-electron chi connectivity index (χ4n) is 2.37. The van der Waals surface area contributed by atoms with Gasteiger partial charge in [-0.05, 0) is 18.9 Å². The average molecular weight is 266 g/mol. The first-order chi connectivity index (χ1) is 9.15. The van der Waals surface area contributed by atoms with Gasteiger partial charge in [0.15, 0.2) is 0 Å². The summed E-state index contributed by atoms with van der Waals surface area (Å²) in [6.07, 6.45) is 2.01. The van der Waals surface area contributed by atoms with E-state index in [4.69, 9.17) is 9.47 Å². The molecule has 0 atom stereocenters. The van der Waals surface area contributed by atoms with Crippen LogP contribution in [0.4, 0.5) is 11.4 Å². The summed E-state index contributed by atoms with van der Waals surface area (Å²) < 4.78 is 10.5. The van der Waals surface area contributed by atoms with Crippen molar-refractivity contribution in [1.29, 1.82) is 0 Å². The maximum absolute atomic E-state index is 11.1. The Morgan fingerprint density at radius 1 is 1.32 bits per heavy atom. The van der Waals surface area contributed by atoms with Crippen molar-refractivity contribution in [2.45, 2.75) is 18.9 Å². The molecule has 0 N–H and O–H groups in total. The van der Waals surface area contributed by atoms with Crippen LogP contribution < -0.4 is 9.64 Å². The molecule has 1 aromatic rings. The number of nitro benzene ring substituents is 1. The van der Waals surface area contributed by atoms with E-state index in [9.17, 15) is 10.1 Å². The topological polar surface area (TPSA) is 64.8 Å². The van der Waals surface area contributed by atoms with E-state index < -0.39 is 0 Å². The van der Waals surface area contributed by atoms with E-state index in [0.29, 0.717) is 11.4 Å². The summed E-state index contributed by atoms with van der Waals surface area (Å²) in [6.45, 7) is 1.51. The monoisotopic (exact) mass is 266 g/mol. The van der Waals surface area contributed by atoms with E-state index in [1.54, 1.807) is 26.4 Å². The number of ether oxygens (including phenoxy) is 2. The molecule has 0 amide bonds. The Hall–Kier alpha value is -1.82. The summed E-state index contributed by atoms with van der Waals surface area (Å²) in [5.74, 6) is 0.634. The highest BCUT2D eigenvalue weighted by Gasteiger charge is 2.25. The molecule has 104 valence electrons. The van der Waals surface area contributed by atoms with Crippen molar-refractivity contribution in [3.05, 3.63) is 28.3 Å². The zero-order chi connectivity index (χ0) is 13.8. The van der Waals surface area contributed by atoms with Crippen LogP contribution in [0.5, 0.6) is 5.75 Å². The third kappa shape index (κ3) is 2.96. The molecule has 6 nitrogen and oxygen atoms in total. The third-order valence-electron chi connectivity index (χ3n) is 3.50. The molecule has 1 heterocycles. The fraction of sp³-hybridized carbons (Fsp3) is 0.538. The zero-order valence-corrected chi connectivity index (χ0v) is 11.2. The summed E-state index contributed by atoms with van der Waals surface area (Å²) in [6, 6.07) is 4.84. The lowest BCUT2D eigenvalue weighted by molar-refractivity contribution is -0.384. The van der Waals surface area contributed by atoms with Gasteiger partial charge in [0.25, 0.3) is 5.69 Å². The molecular weight excluding hydrogens is 248 g/mol. The van der Waals surface area contributed by atoms with Gasteiger partial charge in [0, 0.05) is 32.3 Å². The van der Waals surface area contributed by atoms with Crippen LogP contribution in [0.1, 0.15) is 12.8 Å². The normalized spacial score (nSPS) is 16.4. The molecule has 1 aliphatic heterocycles. The molecule has 0 spiro atoms. The minimum Gasteiger partial charge on any atom is -0.497 e. The van der Waals surface area contributed by atoms with E-state index in [1.165, 1.54) is 6.07 Å². The molecule has 0 radical (unpaired) electrons. The van der Waals surface area contributed by atoms with E-state index in [1.807, 2.05) is 4.90 Å². The Morgan fingerprint density at radius 3 is 2.53 bits per heavy atom. The highest BCUT2D eigenvalue weighted by Crippen LogP contribution is 2.33. The lowest BCUT2D eigenvalue weighted by Gasteiger charge is -2.32.